The van der Waals surface area contributed by atoms with Gasteiger partial charge in [0.15, 0.2) is 0 Å². The lowest BCUT2D eigenvalue weighted by atomic mass is 9.97. The van der Waals surface area contributed by atoms with Gasteiger partial charge in [0.2, 0.25) is 5.91 Å². The molecule has 2 heterocycles. The van der Waals surface area contributed by atoms with Crippen LogP contribution in [0.4, 0.5) is 0 Å². The third-order valence-corrected chi connectivity index (χ3v) is 4.32. The van der Waals surface area contributed by atoms with Gasteiger partial charge in [-0.15, -0.1) is 0 Å². The van der Waals surface area contributed by atoms with Crippen LogP contribution in [0.15, 0.2) is 18.2 Å². The number of hydrogen-bond donors (Lipinski definition) is 2. The molecule has 1 aliphatic heterocycles. The van der Waals surface area contributed by atoms with Gasteiger partial charge in [-0.1, -0.05) is 12.1 Å². The predicted molar refractivity (Wildman–Crippen MR) is 82.9 cm³/mol. The van der Waals surface area contributed by atoms with Crippen LogP contribution in [-0.2, 0) is 18.4 Å². The Morgan fingerprint density at radius 2 is 2.19 bits per heavy atom. The highest BCUT2D eigenvalue weighted by Gasteiger charge is 2.21. The summed E-state index contributed by atoms with van der Waals surface area (Å²) in [5.41, 5.74) is 3.34. The Kier molecular flexibility index (Phi) is 3.92. The normalized spacial score (nSPS) is 16.3. The highest BCUT2D eigenvalue weighted by Crippen LogP contribution is 2.19. The molecule has 0 unspecified atom stereocenters. The van der Waals surface area contributed by atoms with Crippen molar-refractivity contribution in [2.24, 2.45) is 13.0 Å². The zero-order valence-electron chi connectivity index (χ0n) is 12.6. The summed E-state index contributed by atoms with van der Waals surface area (Å²) in [7, 11) is 2.01. The average molecular weight is 286 g/mol. The molecule has 1 saturated heterocycles. The lowest BCUT2D eigenvalue weighted by Gasteiger charge is -2.21. The number of nitrogens with zero attached hydrogens (tertiary/aromatic N) is 2. The second-order valence-electron chi connectivity index (χ2n) is 5.77. The van der Waals surface area contributed by atoms with E-state index in [1.165, 1.54) is 5.56 Å². The molecule has 0 radical (unpaired) electrons. The second kappa shape index (κ2) is 5.85. The summed E-state index contributed by atoms with van der Waals surface area (Å²) >= 11 is 0. The molecule has 2 aromatic rings. The van der Waals surface area contributed by atoms with Crippen LogP contribution in [0.1, 0.15) is 24.2 Å². The number of piperidine rings is 1. The van der Waals surface area contributed by atoms with E-state index < -0.39 is 0 Å². The number of imidazole rings is 1. The highest BCUT2D eigenvalue weighted by atomic mass is 16.1. The maximum atomic E-state index is 12.2. The van der Waals surface area contributed by atoms with Gasteiger partial charge >= 0.3 is 0 Å². The number of aromatic nitrogens is 2. The summed E-state index contributed by atoms with van der Waals surface area (Å²) in [6.07, 6.45) is 1.85. The second-order valence-corrected chi connectivity index (χ2v) is 5.77. The zero-order chi connectivity index (χ0) is 14.8. The predicted octanol–water partition coefficient (Wildman–Crippen LogP) is 1.50. The summed E-state index contributed by atoms with van der Waals surface area (Å²) in [5, 5.41) is 6.32. The van der Waals surface area contributed by atoms with E-state index >= 15 is 0 Å². The highest BCUT2D eigenvalue weighted by molar-refractivity contribution is 5.80. The van der Waals surface area contributed by atoms with Crippen molar-refractivity contribution >= 4 is 16.9 Å². The molecule has 1 aromatic heterocycles. The fraction of sp³-hybridized carbons (Fsp3) is 0.500. The molecule has 2 N–H and O–H groups in total. The summed E-state index contributed by atoms with van der Waals surface area (Å²) < 4.78 is 2.08. The summed E-state index contributed by atoms with van der Waals surface area (Å²) in [4.78, 5) is 16.8. The van der Waals surface area contributed by atoms with Crippen molar-refractivity contribution < 1.29 is 4.79 Å². The van der Waals surface area contributed by atoms with Crippen LogP contribution in [0.25, 0.3) is 11.0 Å². The van der Waals surface area contributed by atoms with Gasteiger partial charge in [-0.25, -0.2) is 4.98 Å². The molecular formula is C16H22N4O. The van der Waals surface area contributed by atoms with Crippen molar-refractivity contribution in [1.29, 1.82) is 0 Å². The van der Waals surface area contributed by atoms with E-state index in [2.05, 4.69) is 33.2 Å². The van der Waals surface area contributed by atoms with E-state index in [0.717, 1.165) is 42.8 Å². The smallest absolute Gasteiger partial charge is 0.223 e. The number of para-hydroxylation sites is 1. The first-order valence-electron chi connectivity index (χ1n) is 7.56. The van der Waals surface area contributed by atoms with Crippen molar-refractivity contribution in [2.45, 2.75) is 26.3 Å². The third kappa shape index (κ3) is 2.78. The van der Waals surface area contributed by atoms with Crippen molar-refractivity contribution in [1.82, 2.24) is 20.2 Å². The molecule has 1 aromatic carbocycles. The molecule has 0 spiro atoms. The van der Waals surface area contributed by atoms with Gasteiger partial charge in [0.1, 0.15) is 5.82 Å². The molecule has 0 bridgehead atoms. The number of nitrogens with one attached hydrogen (secondary N) is 2. The first-order chi connectivity index (χ1) is 10.2. The third-order valence-electron chi connectivity index (χ3n) is 4.32. The maximum absolute atomic E-state index is 12.2. The van der Waals surface area contributed by atoms with E-state index in [1.807, 2.05) is 19.2 Å². The van der Waals surface area contributed by atoms with Crippen LogP contribution in [0.3, 0.4) is 0 Å². The monoisotopic (exact) mass is 286 g/mol. The van der Waals surface area contributed by atoms with E-state index in [9.17, 15) is 4.79 Å². The molecule has 5 nitrogen and oxygen atoms in total. The number of aryl methyl sites for hydroxylation is 2. The summed E-state index contributed by atoms with van der Waals surface area (Å²) in [6, 6.07) is 6.11. The SMILES string of the molecule is Cc1cccc2nc(CNC(=O)C3CCNCC3)n(C)c12. The number of carbonyl (C=O) groups is 1. The molecular weight excluding hydrogens is 264 g/mol. The van der Waals surface area contributed by atoms with Crippen LogP contribution in [0.5, 0.6) is 0 Å². The molecule has 21 heavy (non-hydrogen) atoms. The molecule has 0 atom stereocenters. The molecule has 1 aliphatic rings. The van der Waals surface area contributed by atoms with Gasteiger partial charge in [0.05, 0.1) is 17.6 Å². The van der Waals surface area contributed by atoms with Crippen molar-refractivity contribution in [2.75, 3.05) is 13.1 Å². The largest absolute Gasteiger partial charge is 0.349 e. The minimum Gasteiger partial charge on any atom is -0.349 e. The number of hydrogen-bond acceptors (Lipinski definition) is 3. The van der Waals surface area contributed by atoms with Crippen molar-refractivity contribution in [3.8, 4) is 0 Å². The number of fused-ring (bicyclic) bond motifs is 1. The molecule has 0 saturated carbocycles. The van der Waals surface area contributed by atoms with Crippen LogP contribution in [0, 0.1) is 12.8 Å². The van der Waals surface area contributed by atoms with Gasteiger partial charge in [-0.2, -0.15) is 0 Å². The van der Waals surface area contributed by atoms with Gasteiger partial charge in [-0.05, 0) is 44.5 Å². The molecule has 112 valence electrons. The molecule has 1 fully saturated rings. The first kappa shape index (κ1) is 14.1. The van der Waals surface area contributed by atoms with E-state index in [0.29, 0.717) is 6.54 Å². The van der Waals surface area contributed by atoms with E-state index in [-0.39, 0.29) is 11.8 Å². The Bertz CT molecular complexity index is 656. The Hall–Kier alpha value is -1.88. The summed E-state index contributed by atoms with van der Waals surface area (Å²) in [6.45, 7) is 4.45. The minimum absolute atomic E-state index is 0.141. The molecule has 5 heteroatoms. The number of benzene rings is 1. The Labute approximate surface area is 124 Å². The molecule has 0 aliphatic carbocycles. The Morgan fingerprint density at radius 3 is 2.90 bits per heavy atom. The average Bonchev–Trinajstić information content (AvgIpc) is 2.83. The minimum atomic E-state index is 0.141. The fourth-order valence-corrected chi connectivity index (χ4v) is 3.07. The van der Waals surface area contributed by atoms with Crippen LogP contribution >= 0.6 is 0 Å². The number of rotatable bonds is 3. The molecule has 3 rings (SSSR count). The van der Waals surface area contributed by atoms with Crippen molar-refractivity contribution in [3.05, 3.63) is 29.6 Å². The standard InChI is InChI=1S/C16H22N4O/c1-11-4-3-5-13-15(11)20(2)14(19-13)10-18-16(21)12-6-8-17-9-7-12/h3-5,12,17H,6-10H2,1-2H3,(H,18,21). The topological polar surface area (TPSA) is 59.0 Å². The van der Waals surface area contributed by atoms with Gasteiger partial charge in [0, 0.05) is 13.0 Å². The van der Waals surface area contributed by atoms with Crippen LogP contribution < -0.4 is 10.6 Å². The first-order valence-corrected chi connectivity index (χ1v) is 7.56. The zero-order valence-corrected chi connectivity index (χ0v) is 12.6. The maximum Gasteiger partial charge on any atom is 0.223 e. The van der Waals surface area contributed by atoms with Crippen LogP contribution in [0.2, 0.25) is 0 Å². The fourth-order valence-electron chi connectivity index (χ4n) is 3.07. The van der Waals surface area contributed by atoms with Crippen molar-refractivity contribution in [3.63, 3.8) is 0 Å². The van der Waals surface area contributed by atoms with E-state index in [4.69, 9.17) is 0 Å². The number of amides is 1. The number of carbonyl (C=O) groups excluding carboxylic acids is 1. The Balaban J connectivity index is 1.72. The van der Waals surface area contributed by atoms with Gasteiger partial charge in [0.25, 0.3) is 0 Å². The van der Waals surface area contributed by atoms with E-state index in [1.54, 1.807) is 0 Å². The lowest BCUT2D eigenvalue weighted by Crippen LogP contribution is -2.38. The van der Waals surface area contributed by atoms with Gasteiger partial charge in [-0.3, -0.25) is 4.79 Å². The van der Waals surface area contributed by atoms with Crippen LogP contribution in [-0.4, -0.2) is 28.5 Å². The lowest BCUT2D eigenvalue weighted by molar-refractivity contribution is -0.125. The molecule has 1 amide bonds. The van der Waals surface area contributed by atoms with Gasteiger partial charge < -0.3 is 15.2 Å². The quantitative estimate of drug-likeness (QED) is 0.899. The summed E-state index contributed by atoms with van der Waals surface area (Å²) in [5.74, 6) is 1.20. The Morgan fingerprint density at radius 1 is 1.43 bits per heavy atom.